The predicted octanol–water partition coefficient (Wildman–Crippen LogP) is 7.88. The van der Waals surface area contributed by atoms with E-state index in [0.29, 0.717) is 70.4 Å². The van der Waals surface area contributed by atoms with Gasteiger partial charge in [-0.1, -0.05) is 70.2 Å². The van der Waals surface area contributed by atoms with Crippen molar-refractivity contribution < 1.29 is 33.0 Å². The summed E-state index contributed by atoms with van der Waals surface area (Å²) in [5.74, 6) is -0.753. The summed E-state index contributed by atoms with van der Waals surface area (Å²) < 4.78 is 35.8. The molecule has 0 aliphatic carbocycles. The Bertz CT molecular complexity index is 1980. The first kappa shape index (κ1) is 43.8. The van der Waals surface area contributed by atoms with Gasteiger partial charge in [-0.25, -0.2) is 18.6 Å². The lowest BCUT2D eigenvalue weighted by molar-refractivity contribution is -0.134. The van der Waals surface area contributed by atoms with Crippen LogP contribution in [0.1, 0.15) is 82.4 Å². The fourth-order valence-electron chi connectivity index (χ4n) is 6.53. The maximum atomic E-state index is 15.6. The van der Waals surface area contributed by atoms with Crippen LogP contribution >= 0.6 is 0 Å². The van der Waals surface area contributed by atoms with Gasteiger partial charge in [-0.3, -0.25) is 14.6 Å². The molecule has 304 valence electrons. The molecule has 1 aromatic heterocycles. The number of amides is 2. The van der Waals surface area contributed by atoms with Gasteiger partial charge in [0.25, 0.3) is 12.4 Å². The number of ether oxygens (including phenoxy) is 1. The van der Waals surface area contributed by atoms with Gasteiger partial charge < -0.3 is 35.7 Å². The Morgan fingerprint density at radius 1 is 1.05 bits per heavy atom. The number of hydrogen-bond acceptors (Lipinski definition) is 8. The Hall–Kier alpha value is -5.89. The van der Waals surface area contributed by atoms with E-state index in [-0.39, 0.29) is 17.9 Å². The van der Waals surface area contributed by atoms with Crippen molar-refractivity contribution in [1.29, 1.82) is 0 Å². The number of aromatic nitrogens is 2. The van der Waals surface area contributed by atoms with Crippen molar-refractivity contribution in [2.75, 3.05) is 26.7 Å². The molecular formula is C43H53F2N7O5. The van der Waals surface area contributed by atoms with Gasteiger partial charge in [-0.15, -0.1) is 0 Å². The largest absolute Gasteiger partial charge is 0.483 e. The Labute approximate surface area is 332 Å². The number of benzene rings is 3. The van der Waals surface area contributed by atoms with E-state index in [1.165, 1.54) is 25.4 Å². The molecule has 2 amide bonds. The van der Waals surface area contributed by atoms with Gasteiger partial charge in [0.2, 0.25) is 0 Å². The molecule has 3 aromatic carbocycles. The number of nitrogens with zero attached hydrogens (tertiary/aromatic N) is 3. The van der Waals surface area contributed by atoms with E-state index in [0.717, 1.165) is 25.8 Å². The van der Waals surface area contributed by atoms with E-state index in [9.17, 15) is 9.59 Å². The fraction of sp³-hybridized carbons (Fsp3) is 0.372. The van der Waals surface area contributed by atoms with Crippen molar-refractivity contribution in [2.45, 2.75) is 71.5 Å². The van der Waals surface area contributed by atoms with E-state index < -0.39 is 29.8 Å². The SMILES string of the molecule is C=N/C=C(\NC[C@@H]1CCCN1)c1ccc(-c2ccc(-c3cnc([C@@H]4CCCN4C(=O)[C@H](NC(=O)OC)c4ccccc4)[nH]3)c(F)c2)cc1F.CC(C)(C)C.O=CO. The highest BCUT2D eigenvalue weighted by molar-refractivity contribution is 5.87. The van der Waals surface area contributed by atoms with Gasteiger partial charge in [0, 0.05) is 36.5 Å². The maximum Gasteiger partial charge on any atom is 0.407 e. The zero-order chi connectivity index (χ0) is 41.5. The molecule has 6 rings (SSSR count). The van der Waals surface area contributed by atoms with Gasteiger partial charge in [0.1, 0.15) is 23.5 Å². The van der Waals surface area contributed by atoms with Crippen molar-refractivity contribution in [3.8, 4) is 22.4 Å². The molecule has 3 heterocycles. The topological polar surface area (TPSA) is 161 Å². The summed E-state index contributed by atoms with van der Waals surface area (Å²) >= 11 is 0. The van der Waals surface area contributed by atoms with Crippen molar-refractivity contribution in [3.63, 3.8) is 0 Å². The molecular weight excluding hydrogens is 733 g/mol. The highest BCUT2D eigenvalue weighted by atomic mass is 19.1. The summed E-state index contributed by atoms with van der Waals surface area (Å²) in [5.41, 5.74) is 3.78. The van der Waals surface area contributed by atoms with Gasteiger partial charge in [-0.2, -0.15) is 0 Å². The van der Waals surface area contributed by atoms with Crippen molar-refractivity contribution in [3.05, 3.63) is 108 Å². The third-order valence-corrected chi connectivity index (χ3v) is 9.05. The normalized spacial score (nSPS) is 17.0. The van der Waals surface area contributed by atoms with Gasteiger partial charge in [0.15, 0.2) is 0 Å². The molecule has 14 heteroatoms. The van der Waals surface area contributed by atoms with Crippen LogP contribution in [-0.4, -0.2) is 78.0 Å². The van der Waals surface area contributed by atoms with Crippen LogP contribution < -0.4 is 16.0 Å². The quantitative estimate of drug-likeness (QED) is 0.0759. The second-order valence-electron chi connectivity index (χ2n) is 15.2. The smallest absolute Gasteiger partial charge is 0.407 e. The van der Waals surface area contributed by atoms with E-state index >= 15 is 8.78 Å². The summed E-state index contributed by atoms with van der Waals surface area (Å²) in [7, 11) is 1.25. The standard InChI is InChI=1S/C37H39F2N7O3.C5H12.CH2O2/c1-40-21-31(42-20-26-10-6-16-41-26)27-14-12-24(18-29(27)38)25-13-15-28(30(39)19-25)32-22-43-35(44-32)33-11-7-17-46(33)36(47)34(45-37(48)49-2)23-8-4-3-5-9-23;1-5(2,3)4;2-1-3/h3-5,8-9,12-15,18-19,21-22,26,33-34,41-42H,1,6-7,10-11,16-17,20H2,2H3,(H,43,44)(H,45,48);1-4H3;1H,(H,2,3)/b31-21-;;/t26-,33-,34+;;/m0../s1. The van der Waals surface area contributed by atoms with Gasteiger partial charge in [0.05, 0.1) is 30.7 Å². The number of likely N-dealkylation sites (tertiary alicyclic amines) is 1. The molecule has 3 atom stereocenters. The van der Waals surface area contributed by atoms with Gasteiger partial charge >= 0.3 is 6.09 Å². The number of methoxy groups -OCH3 is 1. The molecule has 0 saturated carbocycles. The number of carbonyl (C=O) groups excluding carboxylic acids is 2. The van der Waals surface area contributed by atoms with Crippen LogP contribution in [0, 0.1) is 17.0 Å². The number of aromatic amines is 1. The summed E-state index contributed by atoms with van der Waals surface area (Å²) in [6.07, 6.45) is 5.87. The Kier molecular flexibility index (Phi) is 16.0. The predicted molar refractivity (Wildman–Crippen MR) is 218 cm³/mol. The van der Waals surface area contributed by atoms with Crippen LogP contribution in [0.15, 0.2) is 84.1 Å². The third kappa shape index (κ3) is 12.6. The van der Waals surface area contributed by atoms with Gasteiger partial charge in [-0.05, 0) is 85.3 Å². The Balaban J connectivity index is 0.000000824. The first-order valence-electron chi connectivity index (χ1n) is 18.8. The second kappa shape index (κ2) is 20.9. The molecule has 4 aromatic rings. The van der Waals surface area contributed by atoms with Crippen LogP contribution in [0.5, 0.6) is 0 Å². The molecule has 0 bridgehead atoms. The average Bonchev–Trinajstić information content (AvgIpc) is 3.98. The minimum absolute atomic E-state index is 0.250. The minimum atomic E-state index is -0.945. The molecule has 5 N–H and O–H groups in total. The maximum absolute atomic E-state index is 15.6. The molecule has 0 radical (unpaired) electrons. The summed E-state index contributed by atoms with van der Waals surface area (Å²) in [6, 6.07) is 17.4. The number of carbonyl (C=O) groups is 3. The molecule has 12 nitrogen and oxygen atoms in total. The number of hydrogen-bond donors (Lipinski definition) is 5. The summed E-state index contributed by atoms with van der Waals surface area (Å²) in [5, 5.41) is 16.2. The lowest BCUT2D eigenvalue weighted by atomic mass is 10.00. The molecule has 2 aliphatic rings. The summed E-state index contributed by atoms with van der Waals surface area (Å²) in [4.78, 5) is 47.6. The second-order valence-corrected chi connectivity index (χ2v) is 15.2. The molecule has 57 heavy (non-hydrogen) atoms. The number of H-pyrrole nitrogens is 1. The number of alkyl carbamates (subject to hydrolysis) is 1. The molecule has 2 aliphatic heterocycles. The van der Waals surface area contributed by atoms with E-state index in [2.05, 4.69) is 65.3 Å². The first-order chi connectivity index (χ1) is 27.3. The van der Waals surface area contributed by atoms with Crippen molar-refractivity contribution in [1.82, 2.24) is 30.8 Å². The highest BCUT2D eigenvalue weighted by Crippen LogP contribution is 2.35. The Morgan fingerprint density at radius 2 is 1.72 bits per heavy atom. The minimum Gasteiger partial charge on any atom is -0.483 e. The number of imidazole rings is 1. The number of carboxylic acid groups (broad SMARTS) is 1. The number of rotatable bonds is 11. The lowest BCUT2D eigenvalue weighted by Crippen LogP contribution is -2.42. The van der Waals surface area contributed by atoms with Crippen LogP contribution in [0.2, 0.25) is 0 Å². The summed E-state index contributed by atoms with van der Waals surface area (Å²) in [6.45, 7) is 14.1. The fourth-order valence-corrected chi connectivity index (χ4v) is 6.53. The van der Waals surface area contributed by atoms with Crippen LogP contribution in [0.25, 0.3) is 28.1 Å². The third-order valence-electron chi connectivity index (χ3n) is 9.05. The zero-order valence-electron chi connectivity index (χ0n) is 33.1. The van der Waals surface area contributed by atoms with Crippen molar-refractivity contribution in [2.24, 2.45) is 10.4 Å². The zero-order valence-corrected chi connectivity index (χ0v) is 33.1. The Morgan fingerprint density at radius 3 is 2.32 bits per heavy atom. The molecule has 0 unspecified atom stereocenters. The van der Waals surface area contributed by atoms with E-state index in [1.54, 1.807) is 59.6 Å². The number of nitrogens with one attached hydrogen (secondary N) is 4. The first-order valence-corrected chi connectivity index (χ1v) is 18.8. The average molecular weight is 786 g/mol. The number of aliphatic imine (C=N–C) groups is 1. The molecule has 2 saturated heterocycles. The van der Waals surface area contributed by atoms with E-state index in [4.69, 9.17) is 14.6 Å². The highest BCUT2D eigenvalue weighted by Gasteiger charge is 2.37. The van der Waals surface area contributed by atoms with Crippen molar-refractivity contribution >= 4 is 30.9 Å². The lowest BCUT2D eigenvalue weighted by Gasteiger charge is -2.28. The monoisotopic (exact) mass is 785 g/mol. The van der Waals surface area contributed by atoms with E-state index in [1.807, 2.05) is 6.07 Å². The van der Waals surface area contributed by atoms with Crippen LogP contribution in [-0.2, 0) is 14.3 Å². The van der Waals surface area contributed by atoms with Crippen LogP contribution in [0.3, 0.4) is 0 Å². The van der Waals surface area contributed by atoms with Crippen LogP contribution in [0.4, 0.5) is 13.6 Å². The molecule has 0 spiro atoms. The number of halogens is 2. The molecule has 2 fully saturated rings.